The number of anilines is 1. The molecular weight excluding hydrogens is 308 g/mol. The molecular formula is C12H11F2NO5S. The van der Waals surface area contributed by atoms with Crippen molar-refractivity contribution in [3.8, 4) is 5.75 Å². The van der Waals surface area contributed by atoms with E-state index in [0.717, 1.165) is 6.07 Å². The Hall–Kier alpha value is -2.13. The molecule has 0 spiro atoms. The molecule has 6 nitrogen and oxygen atoms in total. The van der Waals surface area contributed by atoms with Crippen molar-refractivity contribution in [2.45, 2.75) is 18.3 Å². The molecule has 21 heavy (non-hydrogen) atoms. The molecule has 1 aromatic heterocycles. The lowest BCUT2D eigenvalue weighted by Crippen LogP contribution is -2.14. The van der Waals surface area contributed by atoms with Gasteiger partial charge in [-0.05, 0) is 24.3 Å². The number of nitrogens with one attached hydrogen (secondary N) is 1. The van der Waals surface area contributed by atoms with E-state index in [-0.39, 0.29) is 17.2 Å². The van der Waals surface area contributed by atoms with Gasteiger partial charge >= 0.3 is 6.61 Å². The first-order valence-electron chi connectivity index (χ1n) is 5.68. The van der Waals surface area contributed by atoms with Crippen LogP contribution in [0, 0.1) is 0 Å². The molecule has 0 radical (unpaired) electrons. The first-order chi connectivity index (χ1) is 9.92. The summed E-state index contributed by atoms with van der Waals surface area (Å²) in [7, 11) is -4.11. The lowest BCUT2D eigenvalue weighted by Gasteiger charge is -2.11. The fraction of sp³-hybridized carbons (Fsp3) is 0.167. The average Bonchev–Trinajstić information content (AvgIpc) is 2.90. The van der Waals surface area contributed by atoms with Crippen molar-refractivity contribution < 1.29 is 31.5 Å². The number of alkyl halides is 2. The van der Waals surface area contributed by atoms with Gasteiger partial charge in [0.25, 0.3) is 10.0 Å². The minimum Gasteiger partial charge on any atom is -0.445 e. The Bertz CT molecular complexity index is 714. The van der Waals surface area contributed by atoms with Gasteiger partial charge in [-0.15, -0.1) is 0 Å². The summed E-state index contributed by atoms with van der Waals surface area (Å²) in [6.07, 6.45) is 0. The molecule has 9 heteroatoms. The van der Waals surface area contributed by atoms with Crippen LogP contribution in [-0.4, -0.2) is 20.1 Å². The molecule has 0 saturated carbocycles. The number of benzene rings is 1. The van der Waals surface area contributed by atoms with Crippen molar-refractivity contribution in [3.63, 3.8) is 0 Å². The second-order valence-electron chi connectivity index (χ2n) is 3.86. The molecule has 1 heterocycles. The van der Waals surface area contributed by atoms with Crippen LogP contribution < -0.4 is 9.46 Å². The number of hydrogen-bond acceptors (Lipinski definition) is 5. The molecule has 2 rings (SSSR count). The van der Waals surface area contributed by atoms with Crippen LogP contribution >= 0.6 is 0 Å². The Kier molecular flexibility index (Phi) is 4.43. The van der Waals surface area contributed by atoms with E-state index >= 15 is 0 Å². The van der Waals surface area contributed by atoms with Crippen LogP contribution in [0.3, 0.4) is 0 Å². The second kappa shape index (κ2) is 6.10. The Labute approximate surface area is 119 Å². The highest BCUT2D eigenvalue weighted by Crippen LogP contribution is 2.28. The van der Waals surface area contributed by atoms with Crippen LogP contribution in [0.2, 0.25) is 0 Å². The van der Waals surface area contributed by atoms with Crippen molar-refractivity contribution >= 4 is 15.7 Å². The van der Waals surface area contributed by atoms with Crippen molar-refractivity contribution in [1.82, 2.24) is 0 Å². The van der Waals surface area contributed by atoms with E-state index in [4.69, 9.17) is 9.52 Å². The van der Waals surface area contributed by atoms with E-state index in [0.29, 0.717) is 0 Å². The molecule has 0 aliphatic rings. The summed E-state index contributed by atoms with van der Waals surface area (Å²) in [5, 5.41) is 8.39. The van der Waals surface area contributed by atoms with Crippen LogP contribution in [0.4, 0.5) is 14.5 Å². The maximum Gasteiger partial charge on any atom is 0.387 e. The predicted octanol–water partition coefficient (Wildman–Crippen LogP) is 2.17. The van der Waals surface area contributed by atoms with Gasteiger partial charge in [-0.2, -0.15) is 17.2 Å². The van der Waals surface area contributed by atoms with Crippen LogP contribution in [0.15, 0.2) is 45.9 Å². The largest absolute Gasteiger partial charge is 0.445 e. The van der Waals surface area contributed by atoms with Gasteiger partial charge in [-0.3, -0.25) is 4.72 Å². The summed E-state index contributed by atoms with van der Waals surface area (Å²) < 4.78 is 59.8. The van der Waals surface area contributed by atoms with Gasteiger partial charge in [0, 0.05) is 0 Å². The average molecular weight is 319 g/mol. The van der Waals surface area contributed by atoms with Gasteiger partial charge in [0.2, 0.25) is 5.09 Å². The van der Waals surface area contributed by atoms with Crippen LogP contribution in [0.1, 0.15) is 5.76 Å². The smallest absolute Gasteiger partial charge is 0.387 e. The molecule has 0 saturated heterocycles. The quantitative estimate of drug-likeness (QED) is 0.852. The topological polar surface area (TPSA) is 88.8 Å². The Morgan fingerprint density at radius 1 is 1.24 bits per heavy atom. The highest BCUT2D eigenvalue weighted by atomic mass is 32.2. The maximum absolute atomic E-state index is 12.3. The van der Waals surface area contributed by atoms with Crippen molar-refractivity contribution in [2.75, 3.05) is 4.72 Å². The highest BCUT2D eigenvalue weighted by molar-refractivity contribution is 7.92. The molecule has 0 fully saturated rings. The molecule has 0 bridgehead atoms. The zero-order valence-electron chi connectivity index (χ0n) is 10.5. The summed E-state index contributed by atoms with van der Waals surface area (Å²) in [5.74, 6) is -0.252. The molecule has 2 aromatic rings. The number of rotatable bonds is 6. The number of aliphatic hydroxyl groups excluding tert-OH is 1. The fourth-order valence-electron chi connectivity index (χ4n) is 1.53. The molecule has 0 atom stereocenters. The lowest BCUT2D eigenvalue weighted by atomic mass is 10.3. The summed E-state index contributed by atoms with van der Waals surface area (Å²) in [6, 6.07) is 7.78. The zero-order chi connectivity index (χ0) is 15.5. The zero-order valence-corrected chi connectivity index (χ0v) is 11.3. The molecule has 0 aliphatic carbocycles. The van der Waals surface area contributed by atoms with Gasteiger partial charge in [0.15, 0.2) is 0 Å². The standard InChI is InChI=1S/C12H11F2NO5S/c13-12(14)20-10-4-2-1-3-9(10)15-21(17,18)11-6-5-8(7-16)19-11/h1-6,12,15-16H,7H2. The summed E-state index contributed by atoms with van der Waals surface area (Å²) >= 11 is 0. The summed E-state index contributed by atoms with van der Waals surface area (Å²) in [6.45, 7) is -3.54. The Morgan fingerprint density at radius 3 is 2.57 bits per heavy atom. The maximum atomic E-state index is 12.3. The van der Waals surface area contributed by atoms with Crippen LogP contribution in [0.25, 0.3) is 0 Å². The number of halogens is 2. The van der Waals surface area contributed by atoms with Gasteiger partial charge in [0.1, 0.15) is 18.1 Å². The third-order valence-electron chi connectivity index (χ3n) is 2.41. The molecule has 0 unspecified atom stereocenters. The molecule has 2 N–H and O–H groups in total. The molecule has 0 aliphatic heterocycles. The number of aliphatic hydroxyl groups is 1. The normalized spacial score (nSPS) is 11.6. The molecule has 0 amide bonds. The number of sulfonamides is 1. The number of hydrogen-bond donors (Lipinski definition) is 2. The first-order valence-corrected chi connectivity index (χ1v) is 7.17. The lowest BCUT2D eigenvalue weighted by molar-refractivity contribution is -0.0493. The Balaban J connectivity index is 2.28. The number of furan rings is 1. The second-order valence-corrected chi connectivity index (χ2v) is 5.47. The minimum atomic E-state index is -4.11. The van der Waals surface area contributed by atoms with E-state index in [9.17, 15) is 17.2 Å². The third-order valence-corrected chi connectivity index (χ3v) is 3.64. The van der Waals surface area contributed by atoms with E-state index in [2.05, 4.69) is 9.46 Å². The van der Waals surface area contributed by atoms with Gasteiger partial charge in [-0.25, -0.2) is 0 Å². The third kappa shape index (κ3) is 3.70. The van der Waals surface area contributed by atoms with Crippen LogP contribution in [-0.2, 0) is 16.6 Å². The summed E-state index contributed by atoms with van der Waals surface area (Å²) in [5.41, 5.74) is -0.153. The van der Waals surface area contributed by atoms with E-state index in [1.54, 1.807) is 0 Å². The minimum absolute atomic E-state index is 0.0625. The van der Waals surface area contributed by atoms with Crippen molar-refractivity contribution in [3.05, 3.63) is 42.2 Å². The van der Waals surface area contributed by atoms with E-state index < -0.39 is 28.3 Å². The van der Waals surface area contributed by atoms with Gasteiger partial charge in [0.05, 0.1) is 5.69 Å². The SMILES string of the molecule is O=S(=O)(Nc1ccccc1OC(F)F)c1ccc(CO)o1. The van der Waals surface area contributed by atoms with Gasteiger partial charge < -0.3 is 14.3 Å². The van der Waals surface area contributed by atoms with E-state index in [1.165, 1.54) is 30.3 Å². The highest BCUT2D eigenvalue weighted by Gasteiger charge is 2.21. The predicted molar refractivity (Wildman–Crippen MR) is 68.5 cm³/mol. The Morgan fingerprint density at radius 2 is 1.95 bits per heavy atom. The molecule has 1 aromatic carbocycles. The van der Waals surface area contributed by atoms with Crippen molar-refractivity contribution in [2.24, 2.45) is 0 Å². The van der Waals surface area contributed by atoms with Gasteiger partial charge in [-0.1, -0.05) is 12.1 Å². The molecule has 114 valence electrons. The van der Waals surface area contributed by atoms with Crippen molar-refractivity contribution in [1.29, 1.82) is 0 Å². The van der Waals surface area contributed by atoms with E-state index in [1.807, 2.05) is 0 Å². The monoisotopic (exact) mass is 319 g/mol. The number of para-hydroxylation sites is 2. The fourth-order valence-corrected chi connectivity index (χ4v) is 2.56. The first kappa shape index (κ1) is 15.3. The van der Waals surface area contributed by atoms with Crippen LogP contribution in [0.5, 0.6) is 5.75 Å². The number of ether oxygens (including phenoxy) is 1. The summed E-state index contributed by atoms with van der Waals surface area (Å²) in [4.78, 5) is 0.